The molecular formula is C19H22ClN3S. The molecule has 0 amide bonds. The van der Waals surface area contributed by atoms with Crippen LogP contribution >= 0.6 is 22.9 Å². The highest BCUT2D eigenvalue weighted by atomic mass is 35.5. The Morgan fingerprint density at radius 1 is 1.04 bits per heavy atom. The highest BCUT2D eigenvalue weighted by Crippen LogP contribution is 2.42. The van der Waals surface area contributed by atoms with Crippen LogP contribution in [0.5, 0.6) is 0 Å². The van der Waals surface area contributed by atoms with Crippen molar-refractivity contribution in [1.82, 2.24) is 9.97 Å². The van der Waals surface area contributed by atoms with E-state index in [9.17, 15) is 0 Å². The maximum Gasteiger partial charge on any atom is 0.225 e. The zero-order valence-corrected chi connectivity index (χ0v) is 15.9. The molecule has 0 atom stereocenters. The number of benzene rings is 1. The zero-order valence-electron chi connectivity index (χ0n) is 14.3. The van der Waals surface area contributed by atoms with E-state index < -0.39 is 0 Å². The van der Waals surface area contributed by atoms with Gasteiger partial charge in [-0.15, -0.1) is 11.3 Å². The molecule has 0 N–H and O–H groups in total. The number of fused-ring (bicyclic) bond motifs is 1. The van der Waals surface area contributed by atoms with E-state index in [1.165, 1.54) is 16.0 Å². The molecule has 2 aromatic heterocycles. The van der Waals surface area contributed by atoms with Crippen molar-refractivity contribution in [3.8, 4) is 11.1 Å². The van der Waals surface area contributed by atoms with Crippen LogP contribution in [0.3, 0.4) is 0 Å². The average molecular weight is 360 g/mol. The van der Waals surface area contributed by atoms with Gasteiger partial charge in [0, 0.05) is 23.5 Å². The number of hydrogen-bond acceptors (Lipinski definition) is 4. The molecule has 5 heteroatoms. The summed E-state index contributed by atoms with van der Waals surface area (Å²) in [6.45, 7) is 8.48. The standard InChI is InChI=1S/C19H22ClN3S/c1-4-11-23(12-5-2)17-16-15(14-9-7-6-8-10-14)13(3)24-18(16)22-19(20)21-17/h6-10H,4-5,11-12H2,1-3H3. The van der Waals surface area contributed by atoms with Crippen molar-refractivity contribution in [2.24, 2.45) is 0 Å². The van der Waals surface area contributed by atoms with Crippen LogP contribution in [0.25, 0.3) is 21.3 Å². The topological polar surface area (TPSA) is 29.0 Å². The van der Waals surface area contributed by atoms with Crippen LogP contribution in [0.1, 0.15) is 31.6 Å². The molecule has 0 fully saturated rings. The molecule has 0 aliphatic heterocycles. The number of aryl methyl sites for hydroxylation is 1. The molecule has 0 radical (unpaired) electrons. The maximum absolute atomic E-state index is 6.23. The van der Waals surface area contributed by atoms with Gasteiger partial charge in [-0.1, -0.05) is 44.2 Å². The Balaban J connectivity index is 2.28. The molecule has 2 heterocycles. The lowest BCUT2D eigenvalue weighted by Crippen LogP contribution is -2.26. The molecule has 3 aromatic rings. The van der Waals surface area contributed by atoms with Gasteiger partial charge in [-0.3, -0.25) is 0 Å². The largest absolute Gasteiger partial charge is 0.356 e. The second kappa shape index (κ2) is 7.49. The molecule has 126 valence electrons. The van der Waals surface area contributed by atoms with Gasteiger partial charge < -0.3 is 4.90 Å². The van der Waals surface area contributed by atoms with Crippen molar-refractivity contribution in [3.63, 3.8) is 0 Å². The van der Waals surface area contributed by atoms with E-state index in [2.05, 4.69) is 59.9 Å². The van der Waals surface area contributed by atoms with Crippen LogP contribution in [0.4, 0.5) is 5.82 Å². The number of rotatable bonds is 6. The summed E-state index contributed by atoms with van der Waals surface area (Å²) < 4.78 is 0. The third-order valence-corrected chi connectivity index (χ3v) is 5.20. The van der Waals surface area contributed by atoms with E-state index in [4.69, 9.17) is 11.6 Å². The fourth-order valence-corrected chi connectivity index (χ4v) is 4.37. The van der Waals surface area contributed by atoms with Gasteiger partial charge in [-0.2, -0.15) is 4.98 Å². The number of anilines is 1. The monoisotopic (exact) mass is 359 g/mol. The smallest absolute Gasteiger partial charge is 0.225 e. The number of thiophene rings is 1. The van der Waals surface area contributed by atoms with Gasteiger partial charge in [-0.25, -0.2) is 4.98 Å². The SMILES string of the molecule is CCCN(CCC)c1nc(Cl)nc2sc(C)c(-c3ccccc3)c12. The first-order valence-electron chi connectivity index (χ1n) is 8.42. The minimum atomic E-state index is 0.329. The number of halogens is 1. The maximum atomic E-state index is 6.23. The van der Waals surface area contributed by atoms with Crippen molar-refractivity contribution in [1.29, 1.82) is 0 Å². The van der Waals surface area contributed by atoms with Gasteiger partial charge in [0.05, 0.1) is 5.39 Å². The first-order valence-corrected chi connectivity index (χ1v) is 9.62. The highest BCUT2D eigenvalue weighted by molar-refractivity contribution is 7.19. The third-order valence-electron chi connectivity index (χ3n) is 4.03. The molecule has 0 saturated heterocycles. The Morgan fingerprint density at radius 2 is 1.71 bits per heavy atom. The van der Waals surface area contributed by atoms with Gasteiger partial charge in [-0.05, 0) is 36.9 Å². The lowest BCUT2D eigenvalue weighted by Gasteiger charge is -2.24. The zero-order chi connectivity index (χ0) is 17.1. The quantitative estimate of drug-likeness (QED) is 0.509. The van der Waals surface area contributed by atoms with Gasteiger partial charge >= 0.3 is 0 Å². The average Bonchev–Trinajstić information content (AvgIpc) is 2.90. The van der Waals surface area contributed by atoms with Crippen LogP contribution in [-0.2, 0) is 0 Å². The Morgan fingerprint density at radius 3 is 2.33 bits per heavy atom. The van der Waals surface area contributed by atoms with Crippen molar-refractivity contribution in [3.05, 3.63) is 40.5 Å². The molecule has 3 rings (SSSR count). The molecule has 24 heavy (non-hydrogen) atoms. The fourth-order valence-electron chi connectivity index (χ4n) is 3.11. The predicted octanol–water partition coefficient (Wildman–Crippen LogP) is 5.95. The summed E-state index contributed by atoms with van der Waals surface area (Å²) in [5, 5.41) is 1.46. The van der Waals surface area contributed by atoms with Crippen molar-refractivity contribution >= 4 is 39.0 Å². The van der Waals surface area contributed by atoms with E-state index in [-0.39, 0.29) is 0 Å². The second-order valence-electron chi connectivity index (χ2n) is 5.88. The first-order chi connectivity index (χ1) is 11.7. The van der Waals surface area contributed by atoms with Crippen molar-refractivity contribution in [2.75, 3.05) is 18.0 Å². The van der Waals surface area contributed by atoms with Gasteiger partial charge in [0.1, 0.15) is 10.6 Å². The molecule has 0 aliphatic carbocycles. The minimum absolute atomic E-state index is 0.329. The highest BCUT2D eigenvalue weighted by Gasteiger charge is 2.21. The summed E-state index contributed by atoms with van der Waals surface area (Å²) in [7, 11) is 0. The Bertz CT molecular complexity index is 823. The molecule has 0 saturated carbocycles. The van der Waals surface area contributed by atoms with E-state index in [0.29, 0.717) is 5.28 Å². The molecule has 0 bridgehead atoms. The van der Waals surface area contributed by atoms with Gasteiger partial charge in [0.25, 0.3) is 0 Å². The lowest BCUT2D eigenvalue weighted by atomic mass is 10.0. The van der Waals surface area contributed by atoms with Gasteiger partial charge in [0.15, 0.2) is 0 Å². The van der Waals surface area contributed by atoms with Crippen LogP contribution in [0.2, 0.25) is 5.28 Å². The summed E-state index contributed by atoms with van der Waals surface area (Å²) in [4.78, 5) is 13.7. The molecule has 3 nitrogen and oxygen atoms in total. The van der Waals surface area contributed by atoms with Crippen molar-refractivity contribution in [2.45, 2.75) is 33.6 Å². The summed E-state index contributed by atoms with van der Waals surface area (Å²) in [6.07, 6.45) is 2.15. The molecular weight excluding hydrogens is 338 g/mol. The minimum Gasteiger partial charge on any atom is -0.356 e. The van der Waals surface area contributed by atoms with E-state index >= 15 is 0 Å². The van der Waals surface area contributed by atoms with Gasteiger partial charge in [0.2, 0.25) is 5.28 Å². The van der Waals surface area contributed by atoms with Crippen LogP contribution in [0, 0.1) is 6.92 Å². The van der Waals surface area contributed by atoms with E-state index in [1.54, 1.807) is 11.3 Å². The summed E-state index contributed by atoms with van der Waals surface area (Å²) in [6, 6.07) is 10.5. The number of hydrogen-bond donors (Lipinski definition) is 0. The Hall–Kier alpha value is -1.65. The van der Waals surface area contributed by atoms with E-state index in [0.717, 1.165) is 42.0 Å². The van der Waals surface area contributed by atoms with E-state index in [1.807, 2.05) is 6.07 Å². The normalized spacial score (nSPS) is 11.2. The molecule has 1 aromatic carbocycles. The molecule has 0 spiro atoms. The summed E-state index contributed by atoms with van der Waals surface area (Å²) in [5.74, 6) is 0.969. The predicted molar refractivity (Wildman–Crippen MR) is 105 cm³/mol. The Kier molecular flexibility index (Phi) is 5.36. The third kappa shape index (κ3) is 3.26. The lowest BCUT2D eigenvalue weighted by molar-refractivity contribution is 0.736. The van der Waals surface area contributed by atoms with Crippen LogP contribution in [-0.4, -0.2) is 23.1 Å². The fraction of sp³-hybridized carbons (Fsp3) is 0.368. The molecule has 0 unspecified atom stereocenters. The summed E-state index contributed by atoms with van der Waals surface area (Å²) >= 11 is 7.93. The van der Waals surface area contributed by atoms with Crippen LogP contribution in [0.15, 0.2) is 30.3 Å². The van der Waals surface area contributed by atoms with Crippen molar-refractivity contribution < 1.29 is 0 Å². The first kappa shape index (κ1) is 17.2. The second-order valence-corrected chi connectivity index (χ2v) is 7.42. The molecule has 0 aliphatic rings. The van der Waals surface area contributed by atoms with Crippen LogP contribution < -0.4 is 4.90 Å². The Labute approximate surface area is 152 Å². The number of nitrogens with zero attached hydrogens (tertiary/aromatic N) is 3. The number of aromatic nitrogens is 2. The summed E-state index contributed by atoms with van der Waals surface area (Å²) in [5.41, 5.74) is 2.45.